The third-order valence-electron chi connectivity index (χ3n) is 7.60. The number of nitrogens with two attached hydrogens (primary N) is 2. The van der Waals surface area contributed by atoms with Gasteiger partial charge in [-0.1, -0.05) is 18.2 Å². The van der Waals surface area contributed by atoms with E-state index in [2.05, 4.69) is 31.1 Å². The third-order valence-corrected chi connectivity index (χ3v) is 8.52. The highest BCUT2D eigenvalue weighted by Crippen LogP contribution is 2.26. The summed E-state index contributed by atoms with van der Waals surface area (Å²) in [5.41, 5.74) is 15.2. The van der Waals surface area contributed by atoms with Gasteiger partial charge in [0, 0.05) is 68.6 Å². The van der Waals surface area contributed by atoms with E-state index >= 15 is 0 Å². The summed E-state index contributed by atoms with van der Waals surface area (Å²) in [6, 6.07) is 12.4. The van der Waals surface area contributed by atoms with E-state index in [0.29, 0.717) is 23.2 Å². The van der Waals surface area contributed by atoms with Gasteiger partial charge < -0.3 is 41.8 Å². The largest absolute Gasteiger partial charge is 0.550 e. The maximum Gasteiger partial charge on any atom is 0.295 e. The standard InChI is InChI=1S/C32H38N10O8S/c1-41(14-12-36-32(33)34)30(46)20-7-9-24-23(15-20)19-42(31(47)25(39-24)16-28(43)44)13-4-11-35-29(45)22-8-10-27(37-17-22)40-38-18-21-5-2-3-6-26(21)51(48,49)50/h2-3,5-10,15,17-18,25,39H,4,11-14,16,19H2,1H3,(H,35,45)(H,37,40)(H,43,44)(H4,33,34,36)(H,48,49,50)/p-1/b38-18+/t25-/m0/s1. The van der Waals surface area contributed by atoms with Crippen LogP contribution >= 0.6 is 0 Å². The Hall–Kier alpha value is -6.08. The van der Waals surface area contributed by atoms with Gasteiger partial charge >= 0.3 is 0 Å². The first kappa shape index (κ1) is 37.7. The summed E-state index contributed by atoms with van der Waals surface area (Å²) in [6.07, 6.45) is 2.26. The van der Waals surface area contributed by atoms with Crippen LogP contribution in [-0.2, 0) is 26.3 Å². The number of nitrogens with one attached hydrogen (secondary N) is 3. The molecule has 2 aromatic carbocycles. The average molecular weight is 722 g/mol. The number of aromatic nitrogens is 1. The Bertz CT molecular complexity index is 1930. The molecule has 18 nitrogen and oxygen atoms in total. The molecule has 0 spiro atoms. The quantitative estimate of drug-likeness (QED) is 0.0369. The number of benzene rings is 2. The van der Waals surface area contributed by atoms with Gasteiger partial charge in [-0.3, -0.25) is 29.4 Å². The summed E-state index contributed by atoms with van der Waals surface area (Å²) in [5, 5.41) is 21.1. The average Bonchev–Trinajstić information content (AvgIpc) is 3.21. The van der Waals surface area contributed by atoms with Crippen molar-refractivity contribution in [2.24, 2.45) is 21.6 Å². The lowest BCUT2D eigenvalue weighted by molar-refractivity contribution is -0.305. The van der Waals surface area contributed by atoms with Crippen LogP contribution < -0.4 is 32.6 Å². The Morgan fingerprint density at radius 1 is 1.16 bits per heavy atom. The summed E-state index contributed by atoms with van der Waals surface area (Å²) in [5.74, 6) is -2.44. The number of carbonyl (C=O) groups excluding carboxylic acids is 4. The maximum absolute atomic E-state index is 13.4. The molecule has 19 heteroatoms. The molecule has 51 heavy (non-hydrogen) atoms. The number of guanidine groups is 1. The molecule has 270 valence electrons. The molecule has 3 amide bonds. The number of pyridine rings is 1. The van der Waals surface area contributed by atoms with Crippen LogP contribution in [0.3, 0.4) is 0 Å². The number of carboxylic acid groups (broad SMARTS) is 1. The number of carbonyl (C=O) groups is 4. The van der Waals surface area contributed by atoms with Crippen molar-refractivity contribution in [3.05, 3.63) is 83.0 Å². The molecule has 0 saturated carbocycles. The first-order valence-corrected chi connectivity index (χ1v) is 17.0. The van der Waals surface area contributed by atoms with Crippen LogP contribution in [0.25, 0.3) is 0 Å². The number of fused-ring (bicyclic) bond motifs is 1. The van der Waals surface area contributed by atoms with E-state index in [9.17, 15) is 37.3 Å². The number of anilines is 2. The fraction of sp³-hybridized carbons (Fsp3) is 0.281. The Labute approximate surface area is 293 Å². The Morgan fingerprint density at radius 3 is 2.59 bits per heavy atom. The van der Waals surface area contributed by atoms with Gasteiger partial charge in [0.1, 0.15) is 16.8 Å². The molecule has 1 atom stereocenters. The molecule has 4 rings (SSSR count). The number of aliphatic carboxylic acids is 1. The number of hydrogen-bond acceptors (Lipinski definition) is 12. The molecule has 0 fully saturated rings. The highest BCUT2D eigenvalue weighted by molar-refractivity contribution is 7.86. The fourth-order valence-electron chi connectivity index (χ4n) is 5.06. The van der Waals surface area contributed by atoms with Crippen LogP contribution in [0.1, 0.15) is 44.7 Å². The van der Waals surface area contributed by atoms with Crippen LogP contribution in [0.2, 0.25) is 0 Å². The molecule has 3 aromatic rings. The van der Waals surface area contributed by atoms with Gasteiger partial charge in [0.15, 0.2) is 5.96 Å². The van der Waals surface area contributed by atoms with Gasteiger partial charge in [0.25, 0.3) is 21.9 Å². The number of amides is 3. The molecule has 1 aromatic heterocycles. The van der Waals surface area contributed by atoms with Crippen LogP contribution in [0.4, 0.5) is 11.5 Å². The topological polar surface area (TPSA) is 278 Å². The zero-order chi connectivity index (χ0) is 37.1. The van der Waals surface area contributed by atoms with Crippen molar-refractivity contribution in [2.75, 3.05) is 44.0 Å². The summed E-state index contributed by atoms with van der Waals surface area (Å²) in [4.78, 5) is 61.2. The first-order chi connectivity index (χ1) is 24.2. The van der Waals surface area contributed by atoms with Gasteiger partial charge in [0.05, 0.1) is 18.3 Å². The van der Waals surface area contributed by atoms with E-state index in [4.69, 9.17) is 11.5 Å². The molecule has 0 bridgehead atoms. The molecule has 0 saturated heterocycles. The molecule has 1 aliphatic heterocycles. The molecule has 0 radical (unpaired) electrons. The van der Waals surface area contributed by atoms with E-state index in [0.717, 1.165) is 0 Å². The Morgan fingerprint density at radius 2 is 1.90 bits per heavy atom. The smallest absolute Gasteiger partial charge is 0.295 e. The van der Waals surface area contributed by atoms with Crippen LogP contribution in [0.15, 0.2) is 75.8 Å². The van der Waals surface area contributed by atoms with E-state index in [1.807, 2.05) is 0 Å². The maximum atomic E-state index is 13.4. The van der Waals surface area contributed by atoms with Gasteiger partial charge in [-0.25, -0.2) is 4.98 Å². The Balaban J connectivity index is 1.34. The predicted octanol–water partition coefficient (Wildman–Crippen LogP) is -0.797. The Kier molecular flexibility index (Phi) is 12.6. The van der Waals surface area contributed by atoms with Crippen LogP contribution in [0, 0.1) is 0 Å². The molecule has 0 unspecified atom stereocenters. The third kappa shape index (κ3) is 10.7. The lowest BCUT2D eigenvalue weighted by atomic mass is 10.1. The monoisotopic (exact) mass is 721 g/mol. The molecule has 1 aliphatic rings. The van der Waals surface area contributed by atoms with E-state index in [1.165, 1.54) is 52.5 Å². The van der Waals surface area contributed by atoms with Crippen LogP contribution in [-0.4, -0.2) is 103 Å². The molecular weight excluding hydrogens is 684 g/mol. The summed E-state index contributed by atoms with van der Waals surface area (Å²) in [7, 11) is -2.84. The number of nitrogens with zero attached hydrogens (tertiary/aromatic N) is 5. The number of likely N-dealkylation sites (N-methyl/N-ethyl adjacent to an activating group) is 1. The van der Waals surface area contributed by atoms with Gasteiger partial charge in [-0.2, -0.15) is 13.5 Å². The zero-order valence-corrected chi connectivity index (χ0v) is 28.3. The minimum Gasteiger partial charge on any atom is -0.550 e. The molecule has 8 N–H and O–H groups in total. The minimum absolute atomic E-state index is 0.0831. The van der Waals surface area contributed by atoms with Gasteiger partial charge in [0.2, 0.25) is 5.91 Å². The second-order valence-corrected chi connectivity index (χ2v) is 12.8. The number of aliphatic imine (C=N–C) groups is 1. The minimum atomic E-state index is -4.44. The first-order valence-electron chi connectivity index (χ1n) is 15.5. The predicted molar refractivity (Wildman–Crippen MR) is 185 cm³/mol. The second-order valence-electron chi connectivity index (χ2n) is 11.4. The summed E-state index contributed by atoms with van der Waals surface area (Å²) >= 11 is 0. The van der Waals surface area contributed by atoms with Crippen LogP contribution in [0.5, 0.6) is 0 Å². The lowest BCUT2D eigenvalue weighted by Crippen LogP contribution is -2.44. The van der Waals surface area contributed by atoms with Crippen molar-refractivity contribution in [3.8, 4) is 0 Å². The second kappa shape index (κ2) is 17.0. The van der Waals surface area contributed by atoms with Crippen molar-refractivity contribution in [3.63, 3.8) is 0 Å². The normalized spacial score (nSPS) is 14.2. The van der Waals surface area contributed by atoms with Gasteiger partial charge in [-0.05, 0) is 48.4 Å². The van der Waals surface area contributed by atoms with Crippen molar-refractivity contribution < 1.29 is 37.3 Å². The van der Waals surface area contributed by atoms with Crippen molar-refractivity contribution in [1.29, 1.82) is 0 Å². The summed E-state index contributed by atoms with van der Waals surface area (Å²) < 4.78 is 32.4. The summed E-state index contributed by atoms with van der Waals surface area (Å²) in [6.45, 7) is 0.901. The number of hydrogen-bond donors (Lipinski definition) is 6. The van der Waals surface area contributed by atoms with Gasteiger partial charge in [-0.15, -0.1) is 0 Å². The molecule has 0 aliphatic carbocycles. The highest BCUT2D eigenvalue weighted by atomic mass is 32.2. The fourth-order valence-corrected chi connectivity index (χ4v) is 5.72. The van der Waals surface area contributed by atoms with E-state index in [1.54, 1.807) is 31.3 Å². The van der Waals surface area contributed by atoms with Crippen molar-refractivity contribution in [1.82, 2.24) is 20.1 Å². The molecular formula is C32H37N10O8S-. The molecule has 2 heterocycles. The van der Waals surface area contributed by atoms with E-state index < -0.39 is 40.4 Å². The number of rotatable bonds is 15. The zero-order valence-electron chi connectivity index (χ0n) is 27.5. The SMILES string of the molecule is CN(CCN=C(N)N)C(=O)c1ccc2c(c1)CN(CCCNC(=O)c1ccc(N/N=C/c3ccccc3S(=O)(=O)O)nc1)C(=O)[C@H](CC(=O)[O-])N2. The number of hydrazone groups is 1. The number of carboxylic acids is 1. The van der Waals surface area contributed by atoms with E-state index in [-0.39, 0.29) is 66.4 Å². The lowest BCUT2D eigenvalue weighted by Gasteiger charge is -2.25. The van der Waals surface area contributed by atoms with Crippen molar-refractivity contribution in [2.45, 2.75) is 30.3 Å². The van der Waals surface area contributed by atoms with Crippen molar-refractivity contribution >= 4 is 57.5 Å². The highest BCUT2D eigenvalue weighted by Gasteiger charge is 2.30.